The minimum Gasteiger partial charge on any atom is -0.352 e. The smallest absolute Gasteiger partial charge is 0.220 e. The average Bonchev–Trinajstić information content (AvgIpc) is 2.70. The largest absolute Gasteiger partial charge is 0.352 e. The molecule has 0 saturated carbocycles. The van der Waals surface area contributed by atoms with Crippen molar-refractivity contribution in [1.82, 2.24) is 20.2 Å². The third-order valence-electron chi connectivity index (χ3n) is 5.07. The van der Waals surface area contributed by atoms with Crippen LogP contribution in [0.3, 0.4) is 0 Å². The Morgan fingerprint density at radius 3 is 2.25 bits per heavy atom. The molecule has 0 radical (unpaired) electrons. The molecule has 2 aromatic rings. The van der Waals surface area contributed by atoms with Gasteiger partial charge in [-0.05, 0) is 56.3 Å². The first-order valence-corrected chi connectivity index (χ1v) is 11.1. The van der Waals surface area contributed by atoms with Crippen molar-refractivity contribution in [3.63, 3.8) is 0 Å². The topological polar surface area (TPSA) is 58.1 Å². The van der Waals surface area contributed by atoms with Crippen LogP contribution in [0.15, 0.2) is 29.4 Å². The van der Waals surface area contributed by atoms with E-state index in [4.69, 9.17) is 0 Å². The fourth-order valence-electron chi connectivity index (χ4n) is 3.25. The standard InChI is InChI=1S/C22H32N4OS/c1-6-26(7-2)15-19-11-9-8-10-18(19)14-23-21(27)13-12-20-16(3)24-22(28-5)25-17(20)4/h8-11H,6-7,12-15H2,1-5H3,(H,23,27). The molecule has 2 rings (SSSR count). The predicted octanol–water partition coefficient (Wildman–Crippen LogP) is 3.91. The maximum atomic E-state index is 12.4. The van der Waals surface area contributed by atoms with Gasteiger partial charge in [0.05, 0.1) is 0 Å². The Bertz CT molecular complexity index is 767. The van der Waals surface area contributed by atoms with Gasteiger partial charge < -0.3 is 5.32 Å². The highest BCUT2D eigenvalue weighted by atomic mass is 32.2. The Morgan fingerprint density at radius 2 is 1.68 bits per heavy atom. The second-order valence-electron chi connectivity index (χ2n) is 6.87. The Hall–Kier alpha value is -1.92. The molecule has 0 atom stereocenters. The van der Waals surface area contributed by atoms with Crippen molar-refractivity contribution in [3.05, 3.63) is 52.3 Å². The summed E-state index contributed by atoms with van der Waals surface area (Å²) in [5.74, 6) is 0.0605. The van der Waals surface area contributed by atoms with Crippen LogP contribution in [0.2, 0.25) is 0 Å². The number of aryl methyl sites for hydroxylation is 2. The molecule has 0 saturated heterocycles. The number of aromatic nitrogens is 2. The van der Waals surface area contributed by atoms with E-state index in [0.29, 0.717) is 19.4 Å². The van der Waals surface area contributed by atoms with Crippen molar-refractivity contribution in [1.29, 1.82) is 0 Å². The number of benzene rings is 1. The second-order valence-corrected chi connectivity index (χ2v) is 7.64. The SMILES string of the molecule is CCN(CC)Cc1ccccc1CNC(=O)CCc1c(C)nc(SC)nc1C. The number of carbonyl (C=O) groups excluding carboxylic acids is 1. The van der Waals surface area contributed by atoms with Gasteiger partial charge >= 0.3 is 0 Å². The summed E-state index contributed by atoms with van der Waals surface area (Å²) in [6.07, 6.45) is 3.08. The number of nitrogens with one attached hydrogen (secondary N) is 1. The van der Waals surface area contributed by atoms with Crippen molar-refractivity contribution < 1.29 is 4.79 Å². The van der Waals surface area contributed by atoms with E-state index in [2.05, 4.69) is 52.2 Å². The molecule has 1 N–H and O–H groups in total. The fourth-order valence-corrected chi connectivity index (χ4v) is 3.71. The lowest BCUT2D eigenvalue weighted by atomic mass is 10.1. The van der Waals surface area contributed by atoms with Crippen LogP contribution in [0.5, 0.6) is 0 Å². The van der Waals surface area contributed by atoms with E-state index in [9.17, 15) is 4.79 Å². The van der Waals surface area contributed by atoms with Crippen LogP contribution in [-0.2, 0) is 24.3 Å². The van der Waals surface area contributed by atoms with E-state index in [1.165, 1.54) is 22.9 Å². The molecule has 0 aliphatic rings. The van der Waals surface area contributed by atoms with Gasteiger partial charge in [0.15, 0.2) is 5.16 Å². The Kier molecular flexibility index (Phi) is 8.93. The molecule has 152 valence electrons. The maximum Gasteiger partial charge on any atom is 0.220 e. The summed E-state index contributed by atoms with van der Waals surface area (Å²) in [5.41, 5.74) is 5.47. The molecule has 6 heteroatoms. The van der Waals surface area contributed by atoms with E-state index < -0.39 is 0 Å². The highest BCUT2D eigenvalue weighted by molar-refractivity contribution is 7.98. The Labute approximate surface area is 173 Å². The molecular formula is C22H32N4OS. The molecule has 28 heavy (non-hydrogen) atoms. The fraction of sp³-hybridized carbons (Fsp3) is 0.500. The molecule has 1 amide bonds. The number of carbonyl (C=O) groups is 1. The molecule has 1 heterocycles. The third kappa shape index (κ3) is 6.31. The molecular weight excluding hydrogens is 368 g/mol. The van der Waals surface area contributed by atoms with Crippen LogP contribution in [0, 0.1) is 13.8 Å². The number of rotatable bonds is 10. The first-order chi connectivity index (χ1) is 13.5. The van der Waals surface area contributed by atoms with E-state index in [1.54, 1.807) is 0 Å². The number of hydrogen-bond acceptors (Lipinski definition) is 5. The minimum absolute atomic E-state index is 0.0605. The summed E-state index contributed by atoms with van der Waals surface area (Å²) in [5, 5.41) is 3.86. The maximum absolute atomic E-state index is 12.4. The summed E-state index contributed by atoms with van der Waals surface area (Å²) >= 11 is 1.54. The van der Waals surface area contributed by atoms with Crippen LogP contribution < -0.4 is 5.32 Å². The zero-order valence-corrected chi connectivity index (χ0v) is 18.5. The average molecular weight is 401 g/mol. The Morgan fingerprint density at radius 1 is 1.07 bits per heavy atom. The molecule has 0 spiro atoms. The van der Waals surface area contributed by atoms with Gasteiger partial charge in [0.1, 0.15) is 0 Å². The Balaban J connectivity index is 1.93. The summed E-state index contributed by atoms with van der Waals surface area (Å²) in [7, 11) is 0. The van der Waals surface area contributed by atoms with E-state index in [-0.39, 0.29) is 5.91 Å². The molecule has 1 aromatic carbocycles. The highest BCUT2D eigenvalue weighted by Crippen LogP contribution is 2.17. The van der Waals surface area contributed by atoms with Crippen LogP contribution in [0.4, 0.5) is 0 Å². The summed E-state index contributed by atoms with van der Waals surface area (Å²) in [4.78, 5) is 23.8. The molecule has 0 aliphatic carbocycles. The van der Waals surface area contributed by atoms with E-state index in [0.717, 1.165) is 41.7 Å². The van der Waals surface area contributed by atoms with Crippen LogP contribution in [-0.4, -0.2) is 40.1 Å². The molecule has 0 bridgehead atoms. The quantitative estimate of drug-likeness (QED) is 0.484. The lowest BCUT2D eigenvalue weighted by Gasteiger charge is -2.20. The molecule has 5 nitrogen and oxygen atoms in total. The van der Waals surface area contributed by atoms with Crippen LogP contribution in [0.1, 0.15) is 48.3 Å². The highest BCUT2D eigenvalue weighted by Gasteiger charge is 2.11. The molecule has 0 aliphatic heterocycles. The van der Waals surface area contributed by atoms with E-state index >= 15 is 0 Å². The third-order valence-corrected chi connectivity index (χ3v) is 5.62. The lowest BCUT2D eigenvalue weighted by Crippen LogP contribution is -2.26. The summed E-state index contributed by atoms with van der Waals surface area (Å²) < 4.78 is 0. The first kappa shape index (κ1) is 22.4. The van der Waals surface area contributed by atoms with Crippen molar-refractivity contribution in [2.24, 2.45) is 0 Å². The number of amides is 1. The second kappa shape index (κ2) is 11.2. The van der Waals surface area contributed by atoms with Gasteiger partial charge in [-0.25, -0.2) is 9.97 Å². The van der Waals surface area contributed by atoms with Gasteiger partial charge in [-0.15, -0.1) is 0 Å². The van der Waals surface area contributed by atoms with Gasteiger partial charge in [-0.2, -0.15) is 0 Å². The minimum atomic E-state index is 0.0605. The lowest BCUT2D eigenvalue weighted by molar-refractivity contribution is -0.121. The first-order valence-electron chi connectivity index (χ1n) is 9.92. The van der Waals surface area contributed by atoms with Crippen molar-refractivity contribution in [2.45, 2.75) is 58.8 Å². The summed E-state index contributed by atoms with van der Waals surface area (Å²) in [6, 6.07) is 8.35. The molecule has 0 unspecified atom stereocenters. The molecule has 1 aromatic heterocycles. The zero-order valence-electron chi connectivity index (χ0n) is 17.7. The number of nitrogens with zero attached hydrogens (tertiary/aromatic N) is 3. The van der Waals surface area contributed by atoms with Crippen molar-refractivity contribution in [2.75, 3.05) is 19.3 Å². The van der Waals surface area contributed by atoms with E-state index in [1.807, 2.05) is 26.2 Å². The molecule has 0 fully saturated rings. The van der Waals surface area contributed by atoms with Gasteiger partial charge in [0, 0.05) is 30.9 Å². The van der Waals surface area contributed by atoms with Gasteiger partial charge in [0.2, 0.25) is 5.91 Å². The van der Waals surface area contributed by atoms with Crippen LogP contribution >= 0.6 is 11.8 Å². The van der Waals surface area contributed by atoms with Gasteiger partial charge in [0.25, 0.3) is 0 Å². The normalized spacial score (nSPS) is 11.1. The number of thioether (sulfide) groups is 1. The van der Waals surface area contributed by atoms with Gasteiger partial charge in [-0.1, -0.05) is 49.9 Å². The van der Waals surface area contributed by atoms with Crippen molar-refractivity contribution in [3.8, 4) is 0 Å². The van der Waals surface area contributed by atoms with Crippen LogP contribution in [0.25, 0.3) is 0 Å². The zero-order chi connectivity index (χ0) is 20.5. The number of hydrogen-bond donors (Lipinski definition) is 1. The van der Waals surface area contributed by atoms with Gasteiger partial charge in [-0.3, -0.25) is 9.69 Å². The predicted molar refractivity (Wildman–Crippen MR) is 117 cm³/mol. The summed E-state index contributed by atoms with van der Waals surface area (Å²) in [6.45, 7) is 11.9. The monoisotopic (exact) mass is 400 g/mol. The van der Waals surface area contributed by atoms with Crippen molar-refractivity contribution >= 4 is 17.7 Å².